The topological polar surface area (TPSA) is 54.4 Å². The Balaban J connectivity index is 1.58. The molecule has 1 heterocycles. The van der Waals surface area contributed by atoms with E-state index in [4.69, 9.17) is 0 Å². The van der Waals surface area contributed by atoms with Crippen LogP contribution in [0.5, 0.6) is 0 Å². The molecule has 1 unspecified atom stereocenters. The Morgan fingerprint density at radius 3 is 2.05 bits per heavy atom. The molecule has 5 aliphatic rings. The highest BCUT2D eigenvalue weighted by Crippen LogP contribution is 2.60. The maximum Gasteiger partial charge on any atom is 0.514 e. The molecule has 5 rings (SSSR count). The molecule has 4 heteroatoms. The van der Waals surface area contributed by atoms with Gasteiger partial charge in [-0.25, -0.2) is 4.48 Å². The summed E-state index contributed by atoms with van der Waals surface area (Å²) in [5, 5.41) is 9.78. The van der Waals surface area contributed by atoms with Crippen LogP contribution in [0.25, 0.3) is 0 Å². The van der Waals surface area contributed by atoms with Crippen molar-refractivity contribution in [1.29, 1.82) is 0 Å². The number of hydrogen-bond donors (Lipinski definition) is 1. The first-order valence-corrected chi connectivity index (χ1v) is 9.07. The molecule has 22 heavy (non-hydrogen) atoms. The number of carbonyl (C=O) groups is 2. The van der Waals surface area contributed by atoms with Crippen LogP contribution in [0.1, 0.15) is 58.3 Å². The van der Waals surface area contributed by atoms with E-state index in [1.807, 2.05) is 6.92 Å². The minimum Gasteiger partial charge on any atom is -0.435 e. The first kappa shape index (κ1) is 14.7. The SMILES string of the molecule is C[C@@H]1CCC[N+]1(CC(=O)C12CC3CC(CC(C3)C1)C2)C(=O)O. The number of carbonyl (C=O) groups excluding carboxylic acids is 1. The number of likely N-dealkylation sites (tertiary alicyclic amines) is 1. The summed E-state index contributed by atoms with van der Waals surface area (Å²) in [5.41, 5.74) is -0.155. The average Bonchev–Trinajstić information content (AvgIpc) is 2.79. The van der Waals surface area contributed by atoms with Crippen LogP contribution in [-0.2, 0) is 4.79 Å². The maximum atomic E-state index is 13.2. The summed E-state index contributed by atoms with van der Waals surface area (Å²) in [4.78, 5) is 25.1. The lowest BCUT2D eigenvalue weighted by Gasteiger charge is -2.56. The van der Waals surface area contributed by atoms with Crippen LogP contribution in [0.2, 0.25) is 0 Å². The minimum absolute atomic E-state index is 0.000579. The van der Waals surface area contributed by atoms with E-state index < -0.39 is 6.09 Å². The lowest BCUT2D eigenvalue weighted by molar-refractivity contribution is -0.859. The van der Waals surface area contributed by atoms with Crippen LogP contribution >= 0.6 is 0 Å². The predicted octanol–water partition coefficient (Wildman–Crippen LogP) is 3.45. The Bertz CT molecular complexity index is 479. The fourth-order valence-corrected chi connectivity index (χ4v) is 6.60. The van der Waals surface area contributed by atoms with E-state index in [2.05, 4.69) is 0 Å². The monoisotopic (exact) mass is 306 g/mol. The fraction of sp³-hybridized carbons (Fsp3) is 0.889. The minimum atomic E-state index is -0.789. The second-order valence-corrected chi connectivity index (χ2v) is 8.81. The molecule has 4 aliphatic carbocycles. The third-order valence-corrected chi connectivity index (χ3v) is 7.46. The summed E-state index contributed by atoms with van der Waals surface area (Å²) >= 11 is 0. The first-order valence-electron chi connectivity index (χ1n) is 9.07. The van der Waals surface area contributed by atoms with E-state index in [0.717, 1.165) is 49.9 Å². The third-order valence-electron chi connectivity index (χ3n) is 7.46. The fourth-order valence-electron chi connectivity index (χ4n) is 6.60. The van der Waals surface area contributed by atoms with E-state index in [1.165, 1.54) is 19.3 Å². The Hall–Kier alpha value is -0.900. The summed E-state index contributed by atoms with van der Waals surface area (Å²) in [6, 6.07) is 0.0790. The molecule has 0 aromatic heterocycles. The Morgan fingerprint density at radius 1 is 1.09 bits per heavy atom. The number of amides is 1. The summed E-state index contributed by atoms with van der Waals surface area (Å²) in [6.07, 6.45) is 8.18. The van der Waals surface area contributed by atoms with Crippen molar-refractivity contribution < 1.29 is 19.2 Å². The zero-order valence-corrected chi connectivity index (χ0v) is 13.6. The predicted molar refractivity (Wildman–Crippen MR) is 82.3 cm³/mol. The number of carboxylic acid groups (broad SMARTS) is 1. The van der Waals surface area contributed by atoms with Gasteiger partial charge in [0.2, 0.25) is 0 Å². The molecular formula is C18H28NO3+. The molecule has 0 aromatic carbocycles. The Labute approximate surface area is 132 Å². The number of ketones is 1. The number of quaternary nitrogens is 1. The molecule has 0 radical (unpaired) electrons. The van der Waals surface area contributed by atoms with Gasteiger partial charge in [-0.15, -0.1) is 0 Å². The van der Waals surface area contributed by atoms with Crippen molar-refractivity contribution in [1.82, 2.24) is 0 Å². The lowest BCUT2D eigenvalue weighted by Crippen LogP contribution is -2.61. The summed E-state index contributed by atoms with van der Waals surface area (Å²) in [6.45, 7) is 2.88. The van der Waals surface area contributed by atoms with E-state index in [1.54, 1.807) is 0 Å². The van der Waals surface area contributed by atoms with Crippen molar-refractivity contribution in [2.24, 2.45) is 23.2 Å². The molecule has 1 amide bonds. The second kappa shape index (κ2) is 4.80. The van der Waals surface area contributed by atoms with Gasteiger partial charge in [0, 0.05) is 18.3 Å². The molecule has 1 N–H and O–H groups in total. The van der Waals surface area contributed by atoms with Gasteiger partial charge in [0.05, 0.1) is 12.6 Å². The van der Waals surface area contributed by atoms with Crippen LogP contribution in [0.4, 0.5) is 4.79 Å². The van der Waals surface area contributed by atoms with Gasteiger partial charge >= 0.3 is 6.09 Å². The molecule has 4 bridgehead atoms. The van der Waals surface area contributed by atoms with E-state index in [9.17, 15) is 14.7 Å². The lowest BCUT2D eigenvalue weighted by atomic mass is 9.48. The van der Waals surface area contributed by atoms with Crippen molar-refractivity contribution in [3.63, 3.8) is 0 Å². The Morgan fingerprint density at radius 2 is 1.64 bits per heavy atom. The highest BCUT2D eigenvalue weighted by molar-refractivity contribution is 5.87. The first-order chi connectivity index (χ1) is 10.4. The molecule has 1 aliphatic heterocycles. The average molecular weight is 306 g/mol. The number of Topliss-reactive ketones (excluding diaryl/α,β-unsaturated/α-hetero) is 1. The van der Waals surface area contributed by atoms with Crippen molar-refractivity contribution in [2.45, 2.75) is 64.3 Å². The Kier molecular flexibility index (Phi) is 3.20. The summed E-state index contributed by atoms with van der Waals surface area (Å²) in [5.74, 6) is 2.50. The zero-order valence-electron chi connectivity index (χ0n) is 13.6. The largest absolute Gasteiger partial charge is 0.514 e. The number of rotatable bonds is 3. The van der Waals surface area contributed by atoms with Gasteiger partial charge in [0.25, 0.3) is 0 Å². The highest BCUT2D eigenvalue weighted by atomic mass is 16.4. The second-order valence-electron chi connectivity index (χ2n) is 8.81. The molecule has 5 fully saturated rings. The quantitative estimate of drug-likeness (QED) is 0.813. The van der Waals surface area contributed by atoms with Crippen molar-refractivity contribution >= 4 is 11.9 Å². The maximum absolute atomic E-state index is 13.2. The smallest absolute Gasteiger partial charge is 0.435 e. The van der Waals surface area contributed by atoms with Crippen LogP contribution in [-0.4, -0.2) is 40.6 Å². The van der Waals surface area contributed by atoms with E-state index in [0.29, 0.717) is 6.54 Å². The number of hydrogen-bond acceptors (Lipinski definition) is 2. The van der Waals surface area contributed by atoms with Crippen LogP contribution < -0.4 is 0 Å². The van der Waals surface area contributed by atoms with Gasteiger partial charge in [0.15, 0.2) is 5.78 Å². The van der Waals surface area contributed by atoms with Crippen LogP contribution in [0.3, 0.4) is 0 Å². The van der Waals surface area contributed by atoms with Gasteiger partial charge < -0.3 is 5.11 Å². The van der Waals surface area contributed by atoms with Gasteiger partial charge in [-0.3, -0.25) is 4.79 Å². The summed E-state index contributed by atoms with van der Waals surface area (Å²) in [7, 11) is 0. The molecule has 4 saturated carbocycles. The van der Waals surface area contributed by atoms with Gasteiger partial charge in [-0.1, -0.05) is 0 Å². The van der Waals surface area contributed by atoms with E-state index >= 15 is 0 Å². The van der Waals surface area contributed by atoms with Crippen LogP contribution in [0, 0.1) is 23.2 Å². The molecule has 2 atom stereocenters. The standard InChI is InChI=1S/C18H27NO3/c1-12-3-2-4-19(12,17(21)22)11-16(20)18-8-13-5-14(9-18)7-15(6-13)10-18/h12-15H,2-11H2,1H3/p+1/t12-,13?,14?,15?,18?,19?/m1/s1. The molecule has 0 spiro atoms. The normalized spacial score (nSPS) is 49.5. The highest BCUT2D eigenvalue weighted by Gasteiger charge is 2.57. The van der Waals surface area contributed by atoms with Gasteiger partial charge in [0.1, 0.15) is 6.54 Å². The number of nitrogens with zero attached hydrogens (tertiary/aromatic N) is 1. The van der Waals surface area contributed by atoms with Gasteiger partial charge in [-0.05, 0) is 63.2 Å². The molecular weight excluding hydrogens is 278 g/mol. The van der Waals surface area contributed by atoms with E-state index in [-0.39, 0.29) is 28.3 Å². The van der Waals surface area contributed by atoms with Crippen LogP contribution in [0.15, 0.2) is 0 Å². The summed E-state index contributed by atoms with van der Waals surface area (Å²) < 4.78 is 0.000579. The molecule has 122 valence electrons. The zero-order chi connectivity index (χ0) is 15.5. The van der Waals surface area contributed by atoms with Gasteiger partial charge in [-0.2, -0.15) is 4.79 Å². The molecule has 1 saturated heterocycles. The van der Waals surface area contributed by atoms with Crippen molar-refractivity contribution in [3.05, 3.63) is 0 Å². The molecule has 4 nitrogen and oxygen atoms in total. The molecule has 0 aromatic rings. The van der Waals surface area contributed by atoms with Crippen molar-refractivity contribution in [2.75, 3.05) is 13.1 Å². The third kappa shape index (κ3) is 1.99. The van der Waals surface area contributed by atoms with Crippen molar-refractivity contribution in [3.8, 4) is 0 Å².